The molecule has 2 fully saturated rings. The van der Waals surface area contributed by atoms with Crippen LogP contribution in [-0.4, -0.2) is 85.8 Å². The Morgan fingerprint density at radius 3 is 2.33 bits per heavy atom. The lowest BCUT2D eigenvalue weighted by atomic mass is 10.0. The maximum absolute atomic E-state index is 13.4. The van der Waals surface area contributed by atoms with E-state index >= 15 is 0 Å². The average molecular weight is 407 g/mol. The molecule has 0 radical (unpaired) electrons. The van der Waals surface area contributed by atoms with Crippen molar-refractivity contribution < 1.29 is 9.63 Å². The quantitative estimate of drug-likeness (QED) is 0.717. The minimum absolute atomic E-state index is 0.0649. The molecule has 6 heteroatoms. The minimum Gasteiger partial charge on any atom is -0.399 e. The van der Waals surface area contributed by atoms with Crippen LogP contribution in [0, 0.1) is 0 Å². The molecule has 0 bridgehead atoms. The third-order valence-corrected chi connectivity index (χ3v) is 6.05. The Morgan fingerprint density at radius 1 is 1.00 bits per heavy atom. The highest BCUT2D eigenvalue weighted by Gasteiger charge is 2.35. The summed E-state index contributed by atoms with van der Waals surface area (Å²) in [7, 11) is 3.72. The van der Waals surface area contributed by atoms with Crippen LogP contribution in [0.2, 0.25) is 0 Å². The molecule has 4 rings (SSSR count). The topological polar surface area (TPSA) is 48.4 Å². The summed E-state index contributed by atoms with van der Waals surface area (Å²) < 4.78 is 0. The van der Waals surface area contributed by atoms with Gasteiger partial charge in [0, 0.05) is 44.7 Å². The highest BCUT2D eigenvalue weighted by molar-refractivity contribution is 6.00. The van der Waals surface area contributed by atoms with Gasteiger partial charge in [0.05, 0.1) is 18.3 Å². The first-order chi connectivity index (χ1) is 14.6. The largest absolute Gasteiger partial charge is 0.399 e. The standard InChI is InChI=1S/C24H30N4O2/c1-26-12-14-27(15-13-26)18-23-16-22(25-30-2)17-28(23)24(29)21-10-8-20(9-11-21)19-6-4-3-5-7-19/h3-11,23H,12-18H2,1-2H3/b25-22+. The summed E-state index contributed by atoms with van der Waals surface area (Å²) in [5.41, 5.74) is 3.92. The molecular formula is C24H30N4O2. The molecule has 0 aliphatic carbocycles. The Morgan fingerprint density at radius 2 is 1.67 bits per heavy atom. The summed E-state index contributed by atoms with van der Waals surface area (Å²) in [6, 6.07) is 18.3. The molecule has 1 atom stereocenters. The Labute approximate surface area is 178 Å². The number of likely N-dealkylation sites (tertiary alicyclic amines) is 1. The number of hydrogen-bond acceptors (Lipinski definition) is 5. The van der Waals surface area contributed by atoms with Crippen LogP contribution in [0.1, 0.15) is 16.8 Å². The van der Waals surface area contributed by atoms with E-state index in [0.29, 0.717) is 6.54 Å². The second-order valence-corrected chi connectivity index (χ2v) is 8.18. The van der Waals surface area contributed by atoms with Gasteiger partial charge in [-0.1, -0.05) is 47.6 Å². The molecule has 2 aromatic rings. The zero-order valence-electron chi connectivity index (χ0n) is 17.8. The first kappa shape index (κ1) is 20.6. The number of hydrogen-bond donors (Lipinski definition) is 0. The van der Waals surface area contributed by atoms with E-state index in [0.717, 1.165) is 61.5 Å². The monoisotopic (exact) mass is 406 g/mol. The summed E-state index contributed by atoms with van der Waals surface area (Å²) in [5, 5.41) is 4.16. The summed E-state index contributed by atoms with van der Waals surface area (Å²) in [5.74, 6) is 0.0649. The molecule has 0 spiro atoms. The maximum Gasteiger partial charge on any atom is 0.254 e. The van der Waals surface area contributed by atoms with E-state index in [2.05, 4.69) is 34.1 Å². The third-order valence-electron chi connectivity index (χ3n) is 6.05. The summed E-state index contributed by atoms with van der Waals surface area (Å²) in [6.45, 7) is 5.63. The van der Waals surface area contributed by atoms with Gasteiger partial charge < -0.3 is 14.6 Å². The van der Waals surface area contributed by atoms with Gasteiger partial charge >= 0.3 is 0 Å². The number of oxime groups is 1. The first-order valence-corrected chi connectivity index (χ1v) is 10.6. The lowest BCUT2D eigenvalue weighted by Gasteiger charge is -2.35. The van der Waals surface area contributed by atoms with Crippen molar-refractivity contribution in [3.63, 3.8) is 0 Å². The fraction of sp³-hybridized carbons (Fsp3) is 0.417. The van der Waals surface area contributed by atoms with Crippen molar-refractivity contribution in [2.24, 2.45) is 5.16 Å². The Balaban J connectivity index is 1.49. The fourth-order valence-electron chi connectivity index (χ4n) is 4.30. The van der Waals surface area contributed by atoms with Crippen molar-refractivity contribution in [2.75, 3.05) is 53.4 Å². The van der Waals surface area contributed by atoms with E-state index in [1.54, 1.807) is 7.11 Å². The van der Waals surface area contributed by atoms with Crippen molar-refractivity contribution >= 4 is 11.6 Å². The summed E-state index contributed by atoms with van der Waals surface area (Å²) in [6.07, 6.45) is 0.772. The van der Waals surface area contributed by atoms with Gasteiger partial charge in [-0.25, -0.2) is 0 Å². The van der Waals surface area contributed by atoms with Crippen molar-refractivity contribution in [2.45, 2.75) is 12.5 Å². The van der Waals surface area contributed by atoms with Crippen LogP contribution < -0.4 is 0 Å². The highest BCUT2D eigenvalue weighted by atomic mass is 16.6. The number of carbonyl (C=O) groups is 1. The van der Waals surface area contributed by atoms with E-state index < -0.39 is 0 Å². The molecule has 158 valence electrons. The predicted octanol–water partition coefficient (Wildman–Crippen LogP) is 2.82. The Kier molecular flexibility index (Phi) is 6.45. The van der Waals surface area contributed by atoms with Gasteiger partial charge in [0.25, 0.3) is 5.91 Å². The number of amides is 1. The molecule has 2 aliphatic heterocycles. The van der Waals surface area contributed by atoms with Crippen LogP contribution in [-0.2, 0) is 4.84 Å². The van der Waals surface area contributed by atoms with Gasteiger partial charge in [0.1, 0.15) is 7.11 Å². The molecule has 2 aliphatic rings. The minimum atomic E-state index is 0.0649. The van der Waals surface area contributed by atoms with Crippen LogP contribution in [0.4, 0.5) is 0 Å². The molecule has 2 heterocycles. The molecule has 1 amide bonds. The van der Waals surface area contributed by atoms with Crippen LogP contribution in [0.25, 0.3) is 11.1 Å². The second-order valence-electron chi connectivity index (χ2n) is 8.18. The zero-order valence-corrected chi connectivity index (χ0v) is 17.8. The number of rotatable bonds is 5. The fourth-order valence-corrected chi connectivity index (χ4v) is 4.30. The molecule has 30 heavy (non-hydrogen) atoms. The maximum atomic E-state index is 13.4. The summed E-state index contributed by atoms with van der Waals surface area (Å²) in [4.78, 5) is 25.1. The van der Waals surface area contributed by atoms with E-state index in [4.69, 9.17) is 4.84 Å². The molecule has 0 N–H and O–H groups in total. The average Bonchev–Trinajstić information content (AvgIpc) is 3.18. The molecule has 0 aromatic heterocycles. The third kappa shape index (κ3) is 4.71. The Bertz CT molecular complexity index is 874. The molecule has 1 unspecified atom stereocenters. The number of piperazine rings is 1. The first-order valence-electron chi connectivity index (χ1n) is 10.6. The van der Waals surface area contributed by atoms with Gasteiger partial charge in [-0.05, 0) is 30.3 Å². The van der Waals surface area contributed by atoms with Gasteiger partial charge in [-0.15, -0.1) is 0 Å². The van der Waals surface area contributed by atoms with E-state index in [-0.39, 0.29) is 11.9 Å². The van der Waals surface area contributed by atoms with Crippen molar-refractivity contribution in [3.05, 3.63) is 60.2 Å². The van der Waals surface area contributed by atoms with Crippen molar-refractivity contribution in [3.8, 4) is 11.1 Å². The van der Waals surface area contributed by atoms with Gasteiger partial charge in [0.15, 0.2) is 0 Å². The number of likely N-dealkylation sites (N-methyl/N-ethyl adjacent to an activating group) is 1. The van der Waals surface area contributed by atoms with Crippen LogP contribution in [0.15, 0.2) is 59.8 Å². The van der Waals surface area contributed by atoms with Crippen molar-refractivity contribution in [1.82, 2.24) is 14.7 Å². The predicted molar refractivity (Wildman–Crippen MR) is 120 cm³/mol. The smallest absolute Gasteiger partial charge is 0.254 e. The highest BCUT2D eigenvalue weighted by Crippen LogP contribution is 2.23. The van der Waals surface area contributed by atoms with Gasteiger partial charge in [0.2, 0.25) is 0 Å². The Hall–Kier alpha value is -2.70. The lowest BCUT2D eigenvalue weighted by Crippen LogP contribution is -2.50. The number of nitrogens with zero attached hydrogens (tertiary/aromatic N) is 4. The van der Waals surface area contributed by atoms with Crippen LogP contribution >= 0.6 is 0 Å². The van der Waals surface area contributed by atoms with Crippen molar-refractivity contribution in [1.29, 1.82) is 0 Å². The summed E-state index contributed by atoms with van der Waals surface area (Å²) >= 11 is 0. The lowest BCUT2D eigenvalue weighted by molar-refractivity contribution is 0.0669. The van der Waals surface area contributed by atoms with Gasteiger partial charge in [-0.3, -0.25) is 9.69 Å². The van der Waals surface area contributed by atoms with E-state index in [1.165, 1.54) is 0 Å². The number of benzene rings is 2. The second kappa shape index (κ2) is 9.41. The van der Waals surface area contributed by atoms with E-state index in [9.17, 15) is 4.79 Å². The number of carbonyl (C=O) groups excluding carboxylic acids is 1. The zero-order chi connectivity index (χ0) is 20.9. The molecule has 0 saturated carbocycles. The SMILES string of the molecule is CO/N=C1\CC(CN2CCN(C)CC2)N(C(=O)c2ccc(-c3ccccc3)cc2)C1. The molecule has 6 nitrogen and oxygen atoms in total. The molecular weight excluding hydrogens is 376 g/mol. The molecule has 2 saturated heterocycles. The normalized spacial score (nSPS) is 21.9. The molecule has 2 aromatic carbocycles. The van der Waals surface area contributed by atoms with Gasteiger partial charge in [-0.2, -0.15) is 0 Å². The van der Waals surface area contributed by atoms with Crippen LogP contribution in [0.3, 0.4) is 0 Å². The van der Waals surface area contributed by atoms with Crippen LogP contribution in [0.5, 0.6) is 0 Å². The van der Waals surface area contributed by atoms with E-state index in [1.807, 2.05) is 47.4 Å².